The van der Waals surface area contributed by atoms with Gasteiger partial charge in [-0.3, -0.25) is 14.4 Å². The fourth-order valence-corrected chi connectivity index (χ4v) is 3.59. The standard InChI is InChI=1S/C15H16N2O3S/c18-13-8-10(9-17(13)11-4-2-1-3-5-11)14(19)16-12-6-7-21-15(12)20/h1-5,10,12H,6-9H2,(H,16,19)/t10-,12-/m1/s1. The molecular weight excluding hydrogens is 288 g/mol. The molecule has 0 spiro atoms. The molecule has 1 N–H and O–H groups in total. The first-order chi connectivity index (χ1) is 10.1. The third kappa shape index (κ3) is 2.95. The third-order valence-corrected chi connectivity index (χ3v) is 4.82. The normalized spacial score (nSPS) is 25.4. The third-order valence-electron chi connectivity index (χ3n) is 3.82. The highest BCUT2D eigenvalue weighted by Crippen LogP contribution is 2.26. The summed E-state index contributed by atoms with van der Waals surface area (Å²) in [5.41, 5.74) is 0.810. The smallest absolute Gasteiger partial charge is 0.227 e. The molecule has 2 saturated heterocycles. The summed E-state index contributed by atoms with van der Waals surface area (Å²) in [6.07, 6.45) is 0.882. The molecule has 0 aromatic heterocycles. The lowest BCUT2D eigenvalue weighted by atomic mass is 10.1. The van der Waals surface area contributed by atoms with E-state index in [1.165, 1.54) is 11.8 Å². The molecule has 2 atom stereocenters. The number of nitrogens with zero attached hydrogens (tertiary/aromatic N) is 1. The van der Waals surface area contributed by atoms with Gasteiger partial charge in [0.25, 0.3) is 0 Å². The van der Waals surface area contributed by atoms with E-state index >= 15 is 0 Å². The van der Waals surface area contributed by atoms with Gasteiger partial charge in [-0.2, -0.15) is 0 Å². The Morgan fingerprint density at radius 2 is 2.00 bits per heavy atom. The molecule has 0 radical (unpaired) electrons. The van der Waals surface area contributed by atoms with Gasteiger partial charge in [0.15, 0.2) is 0 Å². The topological polar surface area (TPSA) is 66.5 Å². The van der Waals surface area contributed by atoms with Crippen LogP contribution < -0.4 is 10.2 Å². The largest absolute Gasteiger partial charge is 0.345 e. The molecule has 0 saturated carbocycles. The van der Waals surface area contributed by atoms with E-state index in [9.17, 15) is 14.4 Å². The van der Waals surface area contributed by atoms with Gasteiger partial charge in [0.05, 0.1) is 12.0 Å². The first-order valence-corrected chi connectivity index (χ1v) is 7.96. The van der Waals surface area contributed by atoms with E-state index in [-0.39, 0.29) is 35.3 Å². The summed E-state index contributed by atoms with van der Waals surface area (Å²) in [5, 5.41) is 2.80. The second kappa shape index (κ2) is 5.89. The van der Waals surface area contributed by atoms with Crippen molar-refractivity contribution in [3.63, 3.8) is 0 Å². The van der Waals surface area contributed by atoms with Crippen LogP contribution in [0.5, 0.6) is 0 Å². The summed E-state index contributed by atoms with van der Waals surface area (Å²) < 4.78 is 0. The van der Waals surface area contributed by atoms with Crippen LogP contribution in [0, 0.1) is 5.92 Å². The molecule has 0 aliphatic carbocycles. The van der Waals surface area contributed by atoms with Gasteiger partial charge in [-0.1, -0.05) is 30.0 Å². The average molecular weight is 304 g/mol. The quantitative estimate of drug-likeness (QED) is 0.911. The lowest BCUT2D eigenvalue weighted by Gasteiger charge is -2.17. The molecule has 2 aliphatic heterocycles. The summed E-state index contributed by atoms with van der Waals surface area (Å²) in [7, 11) is 0. The molecule has 2 heterocycles. The SMILES string of the molecule is O=C(N[C@@H]1CCSC1=O)[C@@H]1CC(=O)N(c2ccccc2)C1. The van der Waals surface area contributed by atoms with E-state index < -0.39 is 0 Å². The molecule has 110 valence electrons. The average Bonchev–Trinajstić information content (AvgIpc) is 3.07. The summed E-state index contributed by atoms with van der Waals surface area (Å²) in [5.74, 6) is 0.135. The van der Waals surface area contributed by atoms with E-state index in [0.29, 0.717) is 13.0 Å². The number of carbonyl (C=O) groups excluding carboxylic acids is 3. The van der Waals surface area contributed by atoms with E-state index in [1.807, 2.05) is 30.3 Å². The number of anilines is 1. The first kappa shape index (κ1) is 14.1. The van der Waals surface area contributed by atoms with Crippen LogP contribution in [0.3, 0.4) is 0 Å². The molecule has 2 aliphatic rings. The Balaban J connectivity index is 1.64. The summed E-state index contributed by atoms with van der Waals surface area (Å²) in [6, 6.07) is 8.94. The number of nitrogens with one attached hydrogen (secondary N) is 1. The maximum Gasteiger partial charge on any atom is 0.227 e. The number of benzene rings is 1. The van der Waals surface area contributed by atoms with Crippen LogP contribution in [0.15, 0.2) is 30.3 Å². The van der Waals surface area contributed by atoms with Crippen LogP contribution in [-0.4, -0.2) is 35.3 Å². The van der Waals surface area contributed by atoms with Crippen LogP contribution >= 0.6 is 11.8 Å². The first-order valence-electron chi connectivity index (χ1n) is 6.97. The number of hydrogen-bond donors (Lipinski definition) is 1. The Morgan fingerprint density at radius 3 is 2.67 bits per heavy atom. The molecule has 2 fully saturated rings. The molecule has 1 aromatic carbocycles. The molecule has 1 aromatic rings. The lowest BCUT2D eigenvalue weighted by Crippen LogP contribution is -2.41. The Labute approximate surface area is 127 Å². The minimum atomic E-state index is -0.386. The van der Waals surface area contributed by atoms with Gasteiger partial charge in [-0.05, 0) is 18.6 Å². The van der Waals surface area contributed by atoms with E-state index in [4.69, 9.17) is 0 Å². The molecule has 3 rings (SSSR count). The van der Waals surface area contributed by atoms with Gasteiger partial charge >= 0.3 is 0 Å². The van der Waals surface area contributed by atoms with Crippen molar-refractivity contribution in [1.29, 1.82) is 0 Å². The van der Waals surface area contributed by atoms with E-state index in [1.54, 1.807) is 4.90 Å². The van der Waals surface area contributed by atoms with Crippen LogP contribution in [-0.2, 0) is 14.4 Å². The highest BCUT2D eigenvalue weighted by Gasteiger charge is 2.37. The van der Waals surface area contributed by atoms with Crippen LogP contribution in [0.4, 0.5) is 5.69 Å². The fourth-order valence-electron chi connectivity index (χ4n) is 2.66. The van der Waals surface area contributed by atoms with Crippen molar-refractivity contribution in [2.24, 2.45) is 5.92 Å². The molecule has 0 unspecified atom stereocenters. The Kier molecular flexibility index (Phi) is 3.96. The minimum Gasteiger partial charge on any atom is -0.345 e. The molecule has 5 nitrogen and oxygen atoms in total. The zero-order valence-corrected chi connectivity index (χ0v) is 12.3. The van der Waals surface area contributed by atoms with E-state index in [0.717, 1.165) is 11.4 Å². The predicted octanol–water partition coefficient (Wildman–Crippen LogP) is 1.19. The Bertz CT molecular complexity index is 576. The van der Waals surface area contributed by atoms with Gasteiger partial charge in [0.1, 0.15) is 0 Å². The maximum absolute atomic E-state index is 12.2. The van der Waals surface area contributed by atoms with Gasteiger partial charge in [0, 0.05) is 24.4 Å². The number of rotatable bonds is 3. The summed E-state index contributed by atoms with van der Waals surface area (Å²) in [6.45, 7) is 0.378. The lowest BCUT2D eigenvalue weighted by molar-refractivity contribution is -0.128. The van der Waals surface area contributed by atoms with Crippen LogP contribution in [0.1, 0.15) is 12.8 Å². The number of amides is 2. The van der Waals surface area contributed by atoms with Gasteiger partial charge < -0.3 is 10.2 Å². The zero-order chi connectivity index (χ0) is 14.8. The van der Waals surface area contributed by atoms with E-state index in [2.05, 4.69) is 5.32 Å². The van der Waals surface area contributed by atoms with Crippen LogP contribution in [0.25, 0.3) is 0 Å². The fraction of sp³-hybridized carbons (Fsp3) is 0.400. The Hall–Kier alpha value is -1.82. The van der Waals surface area contributed by atoms with Gasteiger partial charge in [0.2, 0.25) is 16.9 Å². The second-order valence-electron chi connectivity index (χ2n) is 5.26. The number of thioether (sulfide) groups is 1. The van der Waals surface area contributed by atoms with Crippen molar-refractivity contribution in [3.05, 3.63) is 30.3 Å². The summed E-state index contributed by atoms with van der Waals surface area (Å²) >= 11 is 1.26. The Morgan fingerprint density at radius 1 is 1.24 bits per heavy atom. The maximum atomic E-state index is 12.2. The molecule has 2 amide bonds. The zero-order valence-electron chi connectivity index (χ0n) is 11.5. The van der Waals surface area contributed by atoms with Crippen molar-refractivity contribution >= 4 is 34.4 Å². The van der Waals surface area contributed by atoms with Crippen LogP contribution in [0.2, 0.25) is 0 Å². The number of para-hydroxylation sites is 1. The van der Waals surface area contributed by atoms with Crippen molar-refractivity contribution < 1.29 is 14.4 Å². The van der Waals surface area contributed by atoms with Crippen molar-refractivity contribution in [1.82, 2.24) is 5.32 Å². The molecular formula is C15H16N2O3S. The van der Waals surface area contributed by atoms with Crippen molar-refractivity contribution in [2.75, 3.05) is 17.2 Å². The number of carbonyl (C=O) groups is 3. The highest BCUT2D eigenvalue weighted by molar-refractivity contribution is 8.14. The monoisotopic (exact) mass is 304 g/mol. The molecule has 21 heavy (non-hydrogen) atoms. The van der Waals surface area contributed by atoms with Gasteiger partial charge in [-0.15, -0.1) is 0 Å². The van der Waals surface area contributed by atoms with Crippen molar-refractivity contribution in [2.45, 2.75) is 18.9 Å². The van der Waals surface area contributed by atoms with Crippen molar-refractivity contribution in [3.8, 4) is 0 Å². The predicted molar refractivity (Wildman–Crippen MR) is 80.9 cm³/mol. The second-order valence-corrected chi connectivity index (χ2v) is 6.36. The molecule has 6 heteroatoms. The van der Waals surface area contributed by atoms with Gasteiger partial charge in [-0.25, -0.2) is 0 Å². The molecule has 0 bridgehead atoms. The minimum absolute atomic E-state index is 0.0209. The summed E-state index contributed by atoms with van der Waals surface area (Å²) in [4.78, 5) is 37.5. The highest BCUT2D eigenvalue weighted by atomic mass is 32.2. The number of hydrogen-bond acceptors (Lipinski definition) is 4.